The molecule has 4 aliphatic rings. The summed E-state index contributed by atoms with van der Waals surface area (Å²) >= 11 is 0. The van der Waals surface area contributed by atoms with E-state index in [-0.39, 0.29) is 49.2 Å². The molecule has 2 bridgehead atoms. The van der Waals surface area contributed by atoms with Crippen molar-refractivity contribution in [3.8, 4) is 0 Å². The Balaban J connectivity index is 1.15. The summed E-state index contributed by atoms with van der Waals surface area (Å²) in [6.07, 6.45) is 4.89. The number of rotatable bonds is 14. The molecule has 4 N–H and O–H groups in total. The van der Waals surface area contributed by atoms with Crippen molar-refractivity contribution in [3.63, 3.8) is 0 Å². The van der Waals surface area contributed by atoms with Crippen LogP contribution >= 0.6 is 0 Å². The molecule has 9 heteroatoms. The SMILES string of the molecule is CCc1cccc(C2(NC[C@@H](O)[C@H](Cc3cc(F)cc(F)c3)NC(=O)CCCC(=O)N[C@H]3CN4CCC3CC4)CC2)c1. The van der Waals surface area contributed by atoms with Gasteiger partial charge in [0.2, 0.25) is 11.8 Å². The molecule has 0 spiro atoms. The van der Waals surface area contributed by atoms with Crippen LogP contribution in [-0.4, -0.2) is 66.2 Å². The average molecular weight is 583 g/mol. The van der Waals surface area contributed by atoms with Crippen LogP contribution in [0.15, 0.2) is 42.5 Å². The molecule has 228 valence electrons. The van der Waals surface area contributed by atoms with Crippen molar-refractivity contribution in [1.29, 1.82) is 0 Å². The highest BCUT2D eigenvalue weighted by Crippen LogP contribution is 2.45. The Morgan fingerprint density at radius 2 is 1.74 bits per heavy atom. The number of carbonyl (C=O) groups is 2. The van der Waals surface area contributed by atoms with Crippen LogP contribution in [0.25, 0.3) is 0 Å². The van der Waals surface area contributed by atoms with Crippen LogP contribution in [0.1, 0.15) is 68.6 Å². The molecule has 7 nitrogen and oxygen atoms in total. The number of aryl methyl sites for hydroxylation is 1. The first-order valence-electron chi connectivity index (χ1n) is 15.5. The summed E-state index contributed by atoms with van der Waals surface area (Å²) < 4.78 is 27.8. The van der Waals surface area contributed by atoms with E-state index in [1.165, 1.54) is 23.3 Å². The van der Waals surface area contributed by atoms with E-state index in [9.17, 15) is 23.5 Å². The molecule has 6 rings (SSSR count). The topological polar surface area (TPSA) is 93.7 Å². The maximum absolute atomic E-state index is 13.9. The van der Waals surface area contributed by atoms with Crippen molar-refractivity contribution in [3.05, 3.63) is 70.8 Å². The zero-order valence-electron chi connectivity index (χ0n) is 24.5. The second-order valence-corrected chi connectivity index (χ2v) is 12.4. The van der Waals surface area contributed by atoms with E-state index in [1.54, 1.807) is 0 Å². The van der Waals surface area contributed by atoms with Gasteiger partial charge in [-0.3, -0.25) is 9.59 Å². The van der Waals surface area contributed by atoms with E-state index in [0.29, 0.717) is 17.9 Å². The molecule has 4 fully saturated rings. The van der Waals surface area contributed by atoms with Gasteiger partial charge in [0.15, 0.2) is 0 Å². The molecular weight excluding hydrogens is 538 g/mol. The number of nitrogens with zero attached hydrogens (tertiary/aromatic N) is 1. The molecule has 0 radical (unpaired) electrons. The maximum atomic E-state index is 13.9. The summed E-state index contributed by atoms with van der Waals surface area (Å²) in [4.78, 5) is 27.9. The highest BCUT2D eigenvalue weighted by atomic mass is 19.1. The van der Waals surface area contributed by atoms with Gasteiger partial charge in [0, 0.05) is 43.6 Å². The van der Waals surface area contributed by atoms with Crippen molar-refractivity contribution in [2.24, 2.45) is 5.92 Å². The zero-order valence-corrected chi connectivity index (χ0v) is 24.5. The van der Waals surface area contributed by atoms with Gasteiger partial charge in [-0.25, -0.2) is 8.78 Å². The molecule has 3 aliphatic heterocycles. The Morgan fingerprint density at radius 1 is 1.02 bits per heavy atom. The van der Waals surface area contributed by atoms with E-state index >= 15 is 0 Å². The number of carbonyl (C=O) groups excluding carboxylic acids is 2. The van der Waals surface area contributed by atoms with Gasteiger partial charge in [0.25, 0.3) is 0 Å². The van der Waals surface area contributed by atoms with Crippen LogP contribution in [0, 0.1) is 17.6 Å². The summed E-state index contributed by atoms with van der Waals surface area (Å²) in [5.41, 5.74) is 2.56. The Labute approximate surface area is 247 Å². The van der Waals surface area contributed by atoms with Crippen LogP contribution in [0.5, 0.6) is 0 Å². The lowest BCUT2D eigenvalue weighted by atomic mass is 9.84. The Hall–Kier alpha value is -2.88. The molecule has 1 saturated carbocycles. The maximum Gasteiger partial charge on any atom is 0.220 e. The second-order valence-electron chi connectivity index (χ2n) is 12.4. The molecular formula is C33H44F2N4O3. The standard InChI is InChI=1S/C33H44F2N4O3/c1-2-22-5-3-6-25(15-22)33(11-12-33)36-20-30(40)28(18-23-16-26(34)19-27(35)17-23)37-31(41)7-4-8-32(42)38-29-21-39-13-9-24(29)10-14-39/h3,5-6,15-17,19,24,28-30,36,40H,2,4,7-14,18,20-21H2,1H3,(H,37,41)(H,38,42)/t28-,29-,30+/m0/s1. The highest BCUT2D eigenvalue weighted by Gasteiger charge is 2.44. The van der Waals surface area contributed by atoms with Gasteiger partial charge in [0.05, 0.1) is 12.1 Å². The smallest absolute Gasteiger partial charge is 0.220 e. The molecule has 3 heterocycles. The molecule has 2 aromatic rings. The van der Waals surface area contributed by atoms with E-state index in [0.717, 1.165) is 57.8 Å². The molecule has 2 aromatic carbocycles. The molecule has 42 heavy (non-hydrogen) atoms. The Kier molecular flexibility index (Phi) is 9.91. The second kappa shape index (κ2) is 13.6. The molecule has 1 aliphatic carbocycles. The largest absolute Gasteiger partial charge is 0.390 e. The van der Waals surface area contributed by atoms with Gasteiger partial charge in [-0.15, -0.1) is 0 Å². The fraction of sp³-hybridized carbons (Fsp3) is 0.576. The van der Waals surface area contributed by atoms with Gasteiger partial charge in [-0.05, 0) is 92.8 Å². The first kappa shape index (κ1) is 30.6. The molecule has 3 saturated heterocycles. The lowest BCUT2D eigenvalue weighted by molar-refractivity contribution is -0.124. The number of fused-ring (bicyclic) bond motifs is 3. The van der Waals surface area contributed by atoms with Gasteiger partial charge >= 0.3 is 0 Å². The summed E-state index contributed by atoms with van der Waals surface area (Å²) in [7, 11) is 0. The van der Waals surface area contributed by atoms with Gasteiger partial charge in [-0.2, -0.15) is 0 Å². The number of halogens is 2. The highest BCUT2D eigenvalue weighted by molar-refractivity contribution is 5.79. The van der Waals surface area contributed by atoms with Crippen LogP contribution in [0.4, 0.5) is 8.78 Å². The summed E-state index contributed by atoms with van der Waals surface area (Å²) in [5, 5.41) is 20.7. The summed E-state index contributed by atoms with van der Waals surface area (Å²) in [6.45, 7) is 5.44. The van der Waals surface area contributed by atoms with Crippen molar-refractivity contribution in [2.75, 3.05) is 26.2 Å². The Bertz CT molecular complexity index is 1230. The minimum Gasteiger partial charge on any atom is -0.390 e. The van der Waals surface area contributed by atoms with E-state index in [2.05, 4.69) is 46.0 Å². The van der Waals surface area contributed by atoms with Crippen LogP contribution in [-0.2, 0) is 28.0 Å². The van der Waals surface area contributed by atoms with Gasteiger partial charge in [0.1, 0.15) is 11.6 Å². The minimum absolute atomic E-state index is 0.0422. The van der Waals surface area contributed by atoms with E-state index < -0.39 is 23.8 Å². The van der Waals surface area contributed by atoms with Crippen LogP contribution in [0.2, 0.25) is 0 Å². The number of aliphatic hydroxyl groups excluding tert-OH is 1. The van der Waals surface area contributed by atoms with E-state index in [1.807, 2.05) is 6.07 Å². The van der Waals surface area contributed by atoms with Gasteiger partial charge in [-0.1, -0.05) is 31.2 Å². The third kappa shape index (κ3) is 7.94. The van der Waals surface area contributed by atoms with Gasteiger partial charge < -0.3 is 26.0 Å². The summed E-state index contributed by atoms with van der Waals surface area (Å²) in [6, 6.07) is 11.1. The monoisotopic (exact) mass is 582 g/mol. The van der Waals surface area contributed by atoms with Crippen molar-refractivity contribution in [2.45, 2.75) is 88.4 Å². The quantitative estimate of drug-likeness (QED) is 0.273. The molecule has 2 amide bonds. The number of nitrogens with one attached hydrogen (secondary N) is 3. The fourth-order valence-electron chi connectivity index (χ4n) is 6.59. The van der Waals surface area contributed by atoms with E-state index in [4.69, 9.17) is 0 Å². The minimum atomic E-state index is -0.993. The van der Waals surface area contributed by atoms with Crippen molar-refractivity contribution >= 4 is 11.8 Å². The van der Waals surface area contributed by atoms with Crippen LogP contribution in [0.3, 0.4) is 0 Å². The predicted octanol–water partition coefficient (Wildman–Crippen LogP) is 3.58. The van der Waals surface area contributed by atoms with Crippen molar-refractivity contribution in [1.82, 2.24) is 20.9 Å². The normalized spacial score (nSPS) is 23.7. The molecule has 3 atom stereocenters. The lowest BCUT2D eigenvalue weighted by Crippen LogP contribution is -2.57. The third-order valence-electron chi connectivity index (χ3n) is 9.29. The van der Waals surface area contributed by atoms with Crippen LogP contribution < -0.4 is 16.0 Å². The number of hydrogen-bond donors (Lipinski definition) is 4. The number of aliphatic hydroxyl groups is 1. The average Bonchev–Trinajstić information content (AvgIpc) is 3.77. The first-order chi connectivity index (χ1) is 20.2. The third-order valence-corrected chi connectivity index (χ3v) is 9.29. The fourth-order valence-corrected chi connectivity index (χ4v) is 6.59. The molecule has 0 unspecified atom stereocenters. The first-order valence-corrected chi connectivity index (χ1v) is 15.5. The molecule has 0 aromatic heterocycles. The number of hydrogen-bond acceptors (Lipinski definition) is 5. The lowest BCUT2D eigenvalue weighted by Gasteiger charge is -2.44. The number of piperidine rings is 3. The summed E-state index contributed by atoms with van der Waals surface area (Å²) in [5.74, 6) is -1.22. The Morgan fingerprint density at radius 3 is 2.38 bits per heavy atom. The van der Waals surface area contributed by atoms with Crippen molar-refractivity contribution < 1.29 is 23.5 Å². The zero-order chi connectivity index (χ0) is 29.7. The number of benzene rings is 2. The predicted molar refractivity (Wildman–Crippen MR) is 158 cm³/mol. The number of amides is 2.